The van der Waals surface area contributed by atoms with Gasteiger partial charge >= 0.3 is 0 Å². The molecule has 0 aromatic carbocycles. The number of likely N-dealkylation sites (N-methyl/N-ethyl adjacent to an activating group) is 1. The first-order valence-corrected chi connectivity index (χ1v) is 5.62. The molecule has 0 bridgehead atoms. The van der Waals surface area contributed by atoms with E-state index in [1.54, 1.807) is 19.1 Å². The number of nitro groups is 1. The van der Waals surface area contributed by atoms with Crippen LogP contribution in [0.1, 0.15) is 0 Å². The molecular weight excluding hydrogens is 252 g/mol. The highest BCUT2D eigenvalue weighted by Gasteiger charge is 2.10. The number of hydrogen-bond acceptors (Lipinski definition) is 6. The predicted molar refractivity (Wildman–Crippen MR) is 69.0 cm³/mol. The maximum atomic E-state index is 11.5. The van der Waals surface area contributed by atoms with Gasteiger partial charge < -0.3 is 15.0 Å². The highest BCUT2D eigenvalue weighted by molar-refractivity contribution is 5.80. The summed E-state index contributed by atoms with van der Waals surface area (Å²) in [6.07, 6.45) is 1.16. The average molecular weight is 268 g/mol. The van der Waals surface area contributed by atoms with Crippen LogP contribution >= 0.6 is 0 Å². The van der Waals surface area contributed by atoms with Gasteiger partial charge in [0.25, 0.3) is 5.69 Å². The first-order chi connectivity index (χ1) is 9.04. The zero-order valence-electron chi connectivity index (χ0n) is 10.8. The molecule has 0 spiro atoms. The van der Waals surface area contributed by atoms with Crippen LogP contribution in [-0.2, 0) is 9.53 Å². The van der Waals surface area contributed by atoms with E-state index >= 15 is 0 Å². The van der Waals surface area contributed by atoms with Gasteiger partial charge in [-0.05, 0) is 6.07 Å². The van der Waals surface area contributed by atoms with E-state index in [1.807, 2.05) is 0 Å². The van der Waals surface area contributed by atoms with E-state index in [2.05, 4.69) is 10.3 Å². The standard InChI is InChI=1S/C11H16N4O4/c1-14(8-11(16)12-5-6-19-2)10-4-3-9(7-13-10)15(17)18/h3-4,7H,5-6,8H2,1-2H3,(H,12,16). The van der Waals surface area contributed by atoms with Crippen LogP contribution in [0.4, 0.5) is 11.5 Å². The molecule has 8 nitrogen and oxygen atoms in total. The van der Waals surface area contributed by atoms with Crippen LogP contribution in [0.5, 0.6) is 0 Å². The summed E-state index contributed by atoms with van der Waals surface area (Å²) < 4.78 is 4.81. The van der Waals surface area contributed by atoms with Crippen LogP contribution in [0.15, 0.2) is 18.3 Å². The Balaban J connectivity index is 2.50. The monoisotopic (exact) mass is 268 g/mol. The molecule has 1 rings (SSSR count). The molecule has 19 heavy (non-hydrogen) atoms. The fourth-order valence-electron chi connectivity index (χ4n) is 1.36. The minimum Gasteiger partial charge on any atom is -0.383 e. The Labute approximate surface area is 110 Å². The number of nitrogens with one attached hydrogen (secondary N) is 1. The average Bonchev–Trinajstić information content (AvgIpc) is 2.39. The quantitative estimate of drug-likeness (QED) is 0.430. The maximum absolute atomic E-state index is 11.5. The van der Waals surface area contributed by atoms with Crippen molar-refractivity contribution in [3.8, 4) is 0 Å². The van der Waals surface area contributed by atoms with Crippen molar-refractivity contribution < 1.29 is 14.5 Å². The van der Waals surface area contributed by atoms with Gasteiger partial charge in [-0.15, -0.1) is 0 Å². The second-order valence-corrected chi connectivity index (χ2v) is 3.83. The zero-order chi connectivity index (χ0) is 14.3. The van der Waals surface area contributed by atoms with Gasteiger partial charge in [0.1, 0.15) is 12.0 Å². The van der Waals surface area contributed by atoms with Crippen molar-refractivity contribution in [2.75, 3.05) is 38.8 Å². The third kappa shape index (κ3) is 4.88. The number of rotatable bonds is 7. The summed E-state index contributed by atoms with van der Waals surface area (Å²) in [5.41, 5.74) is -0.0818. The smallest absolute Gasteiger partial charge is 0.287 e. The number of anilines is 1. The molecule has 0 unspecified atom stereocenters. The van der Waals surface area contributed by atoms with Gasteiger partial charge in [-0.25, -0.2) is 4.98 Å². The van der Waals surface area contributed by atoms with Crippen LogP contribution in [0.25, 0.3) is 0 Å². The van der Waals surface area contributed by atoms with Gasteiger partial charge in [0.15, 0.2) is 0 Å². The lowest BCUT2D eigenvalue weighted by Crippen LogP contribution is -2.36. The third-order valence-electron chi connectivity index (χ3n) is 2.34. The molecule has 8 heteroatoms. The van der Waals surface area contributed by atoms with Crippen molar-refractivity contribution in [2.45, 2.75) is 0 Å². The SMILES string of the molecule is COCCNC(=O)CN(C)c1ccc([N+](=O)[O-])cn1. The van der Waals surface area contributed by atoms with Crippen LogP contribution in [0.3, 0.4) is 0 Å². The van der Waals surface area contributed by atoms with E-state index in [-0.39, 0.29) is 18.1 Å². The number of methoxy groups -OCH3 is 1. The summed E-state index contributed by atoms with van der Waals surface area (Å²) in [4.78, 5) is 27.0. The van der Waals surface area contributed by atoms with Crippen LogP contribution in [0.2, 0.25) is 0 Å². The summed E-state index contributed by atoms with van der Waals surface area (Å²) in [6.45, 7) is 1.01. The Kier molecular flexibility index (Phi) is 5.68. The van der Waals surface area contributed by atoms with Gasteiger partial charge in [0.05, 0.1) is 18.1 Å². The molecule has 0 atom stereocenters. The number of ether oxygens (including phenoxy) is 1. The molecule has 1 amide bonds. The lowest BCUT2D eigenvalue weighted by Gasteiger charge is -2.17. The molecule has 0 saturated carbocycles. The Hall–Kier alpha value is -2.22. The number of amides is 1. The molecule has 1 N–H and O–H groups in total. The van der Waals surface area contributed by atoms with E-state index < -0.39 is 4.92 Å². The summed E-state index contributed by atoms with van der Waals surface area (Å²) in [6, 6.07) is 2.85. The lowest BCUT2D eigenvalue weighted by molar-refractivity contribution is -0.385. The van der Waals surface area contributed by atoms with E-state index in [9.17, 15) is 14.9 Å². The van der Waals surface area contributed by atoms with Crippen LogP contribution in [-0.4, -0.2) is 49.7 Å². The summed E-state index contributed by atoms with van der Waals surface area (Å²) in [5.74, 6) is 0.326. The Morgan fingerprint density at radius 3 is 2.84 bits per heavy atom. The molecule has 1 aromatic rings. The fraction of sp³-hybridized carbons (Fsp3) is 0.455. The fourth-order valence-corrected chi connectivity index (χ4v) is 1.36. The molecule has 0 saturated heterocycles. The molecule has 0 fully saturated rings. The Bertz CT molecular complexity index is 435. The normalized spacial score (nSPS) is 10.0. The highest BCUT2D eigenvalue weighted by atomic mass is 16.6. The molecule has 1 heterocycles. The third-order valence-corrected chi connectivity index (χ3v) is 2.34. The summed E-state index contributed by atoms with van der Waals surface area (Å²) >= 11 is 0. The van der Waals surface area contributed by atoms with Crippen molar-refractivity contribution in [3.05, 3.63) is 28.4 Å². The second-order valence-electron chi connectivity index (χ2n) is 3.83. The first kappa shape index (κ1) is 14.8. The summed E-state index contributed by atoms with van der Waals surface area (Å²) in [5, 5.41) is 13.2. The van der Waals surface area contributed by atoms with E-state index in [4.69, 9.17) is 4.74 Å². The minimum absolute atomic E-state index is 0.0818. The van der Waals surface area contributed by atoms with Crippen molar-refractivity contribution in [2.24, 2.45) is 0 Å². The maximum Gasteiger partial charge on any atom is 0.287 e. The topological polar surface area (TPSA) is 97.6 Å². The number of carbonyl (C=O) groups is 1. The Morgan fingerprint density at radius 2 is 2.32 bits per heavy atom. The van der Waals surface area contributed by atoms with Gasteiger partial charge in [-0.3, -0.25) is 14.9 Å². The molecular formula is C11H16N4O4. The predicted octanol–water partition coefficient (Wildman–Crippen LogP) is 0.189. The van der Waals surface area contributed by atoms with E-state index in [1.165, 1.54) is 12.1 Å². The minimum atomic E-state index is -0.520. The van der Waals surface area contributed by atoms with Gasteiger partial charge in [0.2, 0.25) is 5.91 Å². The van der Waals surface area contributed by atoms with Gasteiger partial charge in [0, 0.05) is 26.8 Å². The molecule has 0 aliphatic heterocycles. The highest BCUT2D eigenvalue weighted by Crippen LogP contribution is 2.14. The molecule has 0 aliphatic rings. The Morgan fingerprint density at radius 1 is 1.58 bits per heavy atom. The largest absolute Gasteiger partial charge is 0.383 e. The molecule has 0 radical (unpaired) electrons. The van der Waals surface area contributed by atoms with Gasteiger partial charge in [-0.2, -0.15) is 0 Å². The molecule has 1 aromatic heterocycles. The van der Waals surface area contributed by atoms with Crippen molar-refractivity contribution >= 4 is 17.4 Å². The van der Waals surface area contributed by atoms with E-state index in [0.717, 1.165) is 6.20 Å². The van der Waals surface area contributed by atoms with E-state index in [0.29, 0.717) is 19.0 Å². The number of hydrogen-bond donors (Lipinski definition) is 1. The van der Waals surface area contributed by atoms with Crippen molar-refractivity contribution in [1.82, 2.24) is 10.3 Å². The molecule has 104 valence electrons. The number of aromatic nitrogens is 1. The zero-order valence-corrected chi connectivity index (χ0v) is 10.8. The lowest BCUT2D eigenvalue weighted by atomic mass is 10.4. The number of nitrogens with zero attached hydrogens (tertiary/aromatic N) is 3. The second kappa shape index (κ2) is 7.27. The van der Waals surface area contributed by atoms with Crippen LogP contribution < -0.4 is 10.2 Å². The molecule has 0 aliphatic carbocycles. The van der Waals surface area contributed by atoms with Crippen LogP contribution in [0, 0.1) is 10.1 Å². The van der Waals surface area contributed by atoms with Crippen molar-refractivity contribution in [3.63, 3.8) is 0 Å². The number of pyridine rings is 1. The number of carbonyl (C=O) groups excluding carboxylic acids is 1. The summed E-state index contributed by atoms with van der Waals surface area (Å²) in [7, 11) is 3.24. The van der Waals surface area contributed by atoms with Crippen molar-refractivity contribution in [1.29, 1.82) is 0 Å². The first-order valence-electron chi connectivity index (χ1n) is 5.62. The van der Waals surface area contributed by atoms with Gasteiger partial charge in [-0.1, -0.05) is 0 Å².